The molecule has 0 aliphatic rings. The molecular weight excluding hydrogens is 526 g/mol. The number of hydrogen-bond donors (Lipinski definition) is 1. The van der Waals surface area contributed by atoms with E-state index in [1.54, 1.807) is 47.5 Å². The van der Waals surface area contributed by atoms with Crippen molar-refractivity contribution in [2.75, 3.05) is 11.9 Å². The van der Waals surface area contributed by atoms with Crippen molar-refractivity contribution in [1.29, 1.82) is 0 Å². The number of aromatic nitrogens is 4. The maximum atomic E-state index is 13.5. The number of carbonyl (C=O) groups excluding carboxylic acids is 2. The number of thiophene rings is 1. The number of halogens is 1. The first kappa shape index (κ1) is 26.9. The van der Waals surface area contributed by atoms with Crippen LogP contribution in [0.5, 0.6) is 0 Å². The number of ketones is 1. The average Bonchev–Trinajstić information content (AvgIpc) is 3.48. The second-order valence-corrected chi connectivity index (χ2v) is 16.9. The van der Waals surface area contributed by atoms with Gasteiger partial charge < -0.3 is 10.1 Å². The summed E-state index contributed by atoms with van der Waals surface area (Å²) in [6, 6.07) is 13.3. The van der Waals surface area contributed by atoms with Crippen LogP contribution in [0.1, 0.15) is 22.8 Å². The fraction of sp³-hybridized carbons (Fsp3) is 0.269. The summed E-state index contributed by atoms with van der Waals surface area (Å²) in [5.41, 5.74) is 1.81. The summed E-state index contributed by atoms with van der Waals surface area (Å²) < 4.78 is 7.44. The lowest BCUT2D eigenvalue weighted by molar-refractivity contribution is -0.114. The van der Waals surface area contributed by atoms with Crippen LogP contribution in [-0.2, 0) is 16.3 Å². The first-order valence-corrected chi connectivity index (χ1v) is 16.6. The predicted octanol–water partition coefficient (Wildman–Crippen LogP) is 6.22. The molecule has 8 nitrogen and oxygen atoms in total. The van der Waals surface area contributed by atoms with Gasteiger partial charge in [0.25, 0.3) is 0 Å². The van der Waals surface area contributed by atoms with E-state index in [1.807, 2.05) is 12.1 Å². The summed E-state index contributed by atoms with van der Waals surface area (Å²) in [5.74, 6) is 0.506. The number of ether oxygens (including phenoxy) is 1. The molecule has 3 heterocycles. The van der Waals surface area contributed by atoms with Gasteiger partial charge in [-0.05, 0) is 54.1 Å². The summed E-state index contributed by atoms with van der Waals surface area (Å²) >= 11 is 7.43. The monoisotopic (exact) mass is 553 g/mol. The molecule has 0 saturated heterocycles. The van der Waals surface area contributed by atoms with Crippen molar-refractivity contribution in [2.45, 2.75) is 39.3 Å². The Morgan fingerprint density at radius 2 is 1.86 bits per heavy atom. The molecule has 0 radical (unpaired) electrons. The normalized spacial score (nSPS) is 11.5. The number of pyridine rings is 1. The second-order valence-electron chi connectivity index (χ2n) is 9.76. The zero-order chi connectivity index (χ0) is 26.6. The molecule has 0 atom stereocenters. The Morgan fingerprint density at radius 3 is 2.57 bits per heavy atom. The van der Waals surface area contributed by atoms with Crippen molar-refractivity contribution >= 4 is 48.5 Å². The Kier molecular flexibility index (Phi) is 8.33. The van der Waals surface area contributed by atoms with Gasteiger partial charge in [-0.1, -0.05) is 31.2 Å². The van der Waals surface area contributed by atoms with Crippen LogP contribution in [-0.4, -0.2) is 46.1 Å². The predicted molar refractivity (Wildman–Crippen MR) is 150 cm³/mol. The summed E-state index contributed by atoms with van der Waals surface area (Å²) in [5, 5.41) is 7.84. The highest BCUT2D eigenvalue weighted by Gasteiger charge is 2.22. The number of nitrogens with one attached hydrogen (secondary N) is 1. The van der Waals surface area contributed by atoms with Crippen molar-refractivity contribution in [2.24, 2.45) is 0 Å². The number of nitrogens with zero attached hydrogens (tertiary/aromatic N) is 4. The second kappa shape index (κ2) is 11.5. The Labute approximate surface area is 225 Å². The van der Waals surface area contributed by atoms with Crippen LogP contribution in [0.4, 0.5) is 5.82 Å². The van der Waals surface area contributed by atoms with Gasteiger partial charge in [-0.2, -0.15) is 0 Å². The van der Waals surface area contributed by atoms with Gasteiger partial charge in [0.05, 0.1) is 4.88 Å². The highest BCUT2D eigenvalue weighted by molar-refractivity contribution is 7.19. The van der Waals surface area contributed by atoms with Gasteiger partial charge >= 0.3 is 0 Å². The number of rotatable bonds is 10. The van der Waals surface area contributed by atoms with Crippen LogP contribution in [0.2, 0.25) is 30.7 Å². The van der Waals surface area contributed by atoms with Gasteiger partial charge in [0, 0.05) is 48.8 Å². The minimum atomic E-state index is -1.18. The first-order chi connectivity index (χ1) is 17.6. The van der Waals surface area contributed by atoms with Crippen LogP contribution in [0.3, 0.4) is 0 Å². The molecule has 0 saturated carbocycles. The van der Waals surface area contributed by atoms with E-state index in [0.717, 1.165) is 16.5 Å². The van der Waals surface area contributed by atoms with Crippen molar-refractivity contribution in [1.82, 2.24) is 19.7 Å². The standard InChI is InChI=1S/C26H28ClN5O3SSi/c1-17(33)30-23-13-19(9-10-28-23)22-14-21(24(34)18-5-7-20(27)8-6-18)25(36-22)26-29-15-32(31-26)16-35-11-12-37(2,3)4/h5-10,13-15H,11-12,16H2,1-4H3,(H,28,30,33). The molecule has 0 fully saturated rings. The van der Waals surface area contributed by atoms with E-state index in [4.69, 9.17) is 16.3 Å². The van der Waals surface area contributed by atoms with E-state index in [2.05, 4.69) is 40.0 Å². The third kappa shape index (κ3) is 7.19. The van der Waals surface area contributed by atoms with E-state index in [-0.39, 0.29) is 11.7 Å². The van der Waals surface area contributed by atoms with Crippen molar-refractivity contribution in [3.05, 3.63) is 71.1 Å². The van der Waals surface area contributed by atoms with Gasteiger partial charge in [0.1, 0.15) is 18.9 Å². The highest BCUT2D eigenvalue weighted by Crippen LogP contribution is 2.38. The molecule has 1 amide bonds. The molecule has 1 N–H and O–H groups in total. The van der Waals surface area contributed by atoms with Crippen LogP contribution < -0.4 is 5.32 Å². The van der Waals surface area contributed by atoms with Gasteiger partial charge in [-0.3, -0.25) is 9.59 Å². The molecule has 4 aromatic rings. The summed E-state index contributed by atoms with van der Waals surface area (Å²) in [7, 11) is -1.18. The summed E-state index contributed by atoms with van der Waals surface area (Å²) in [6.45, 7) is 9.31. The average molecular weight is 554 g/mol. The number of benzene rings is 1. The number of amides is 1. The fourth-order valence-corrected chi connectivity index (χ4v) is 5.43. The topological polar surface area (TPSA) is 99.0 Å². The molecule has 1 aromatic carbocycles. The van der Waals surface area contributed by atoms with Crippen LogP contribution in [0, 0.1) is 0 Å². The van der Waals surface area contributed by atoms with Crippen LogP contribution in [0.25, 0.3) is 21.1 Å². The molecule has 0 spiro atoms. The van der Waals surface area contributed by atoms with Crippen LogP contribution >= 0.6 is 22.9 Å². The maximum absolute atomic E-state index is 13.5. The summed E-state index contributed by atoms with van der Waals surface area (Å²) in [6.07, 6.45) is 3.23. The Bertz CT molecular complexity index is 1410. The molecule has 0 unspecified atom stereocenters. The van der Waals surface area contributed by atoms with Crippen molar-refractivity contribution < 1.29 is 14.3 Å². The molecule has 0 aliphatic carbocycles. The van der Waals surface area contributed by atoms with E-state index >= 15 is 0 Å². The molecule has 4 rings (SSSR count). The summed E-state index contributed by atoms with van der Waals surface area (Å²) in [4.78, 5) is 35.2. The molecule has 3 aromatic heterocycles. The smallest absolute Gasteiger partial charge is 0.222 e. The maximum Gasteiger partial charge on any atom is 0.222 e. The lowest BCUT2D eigenvalue weighted by atomic mass is 10.0. The SMILES string of the molecule is CC(=O)Nc1cc(-c2cc(C(=O)c3ccc(Cl)cc3)c(-c3ncn(COCC[Si](C)(C)C)n3)s2)ccn1. The lowest BCUT2D eigenvalue weighted by Crippen LogP contribution is -2.22. The van der Waals surface area contributed by atoms with Crippen molar-refractivity contribution in [3.63, 3.8) is 0 Å². The van der Waals surface area contributed by atoms with Gasteiger partial charge in [0.15, 0.2) is 11.6 Å². The fourth-order valence-electron chi connectivity index (χ4n) is 3.45. The Hall–Kier alpha value is -3.18. The third-order valence-corrected chi connectivity index (χ3v) is 8.53. The number of hydrogen-bond acceptors (Lipinski definition) is 7. The number of carbonyl (C=O) groups is 2. The van der Waals surface area contributed by atoms with Gasteiger partial charge in [-0.15, -0.1) is 16.4 Å². The molecule has 11 heteroatoms. The largest absolute Gasteiger partial charge is 0.359 e. The molecular formula is C26H28ClN5O3SSi. The third-order valence-electron chi connectivity index (χ3n) is 5.39. The van der Waals surface area contributed by atoms with Crippen molar-refractivity contribution in [3.8, 4) is 21.1 Å². The van der Waals surface area contributed by atoms with Crippen LogP contribution in [0.15, 0.2) is 55.0 Å². The Morgan fingerprint density at radius 1 is 1.11 bits per heavy atom. The minimum absolute atomic E-state index is 0.159. The molecule has 37 heavy (non-hydrogen) atoms. The van der Waals surface area contributed by atoms with E-state index in [1.165, 1.54) is 18.3 Å². The zero-order valence-corrected chi connectivity index (χ0v) is 23.7. The molecule has 192 valence electrons. The number of anilines is 1. The quantitative estimate of drug-likeness (QED) is 0.142. The van der Waals surface area contributed by atoms with Gasteiger partial charge in [0.2, 0.25) is 5.91 Å². The lowest BCUT2D eigenvalue weighted by Gasteiger charge is -2.15. The molecule has 0 bridgehead atoms. The van der Waals surface area contributed by atoms with E-state index < -0.39 is 8.07 Å². The van der Waals surface area contributed by atoms with Gasteiger partial charge in [-0.25, -0.2) is 14.6 Å². The highest BCUT2D eigenvalue weighted by atomic mass is 35.5. The first-order valence-electron chi connectivity index (χ1n) is 11.7. The van der Waals surface area contributed by atoms with E-state index in [9.17, 15) is 9.59 Å². The van der Waals surface area contributed by atoms with E-state index in [0.29, 0.717) is 46.0 Å². The minimum Gasteiger partial charge on any atom is -0.359 e. The zero-order valence-electron chi connectivity index (χ0n) is 21.1. The Balaban J connectivity index is 1.66. The molecule has 0 aliphatic heterocycles.